The van der Waals surface area contributed by atoms with Gasteiger partial charge in [-0.2, -0.15) is 0 Å². The summed E-state index contributed by atoms with van der Waals surface area (Å²) in [5.74, 6) is 0. The van der Waals surface area contributed by atoms with Crippen LogP contribution in [-0.4, -0.2) is 0 Å². The van der Waals surface area contributed by atoms with E-state index >= 15 is 0 Å². The van der Waals surface area contributed by atoms with Gasteiger partial charge in [-0.1, -0.05) is 0 Å². The van der Waals surface area contributed by atoms with Crippen LogP contribution in [-0.2, 0) is 19.2 Å². The smallest absolute Gasteiger partial charge is 1.00 e. The number of allylic oxidation sites excluding steroid dienone is 2. The minimum Gasteiger partial charge on any atom is -1.00 e. The molecular formula is C30H22Cl2Ti. The van der Waals surface area contributed by atoms with Crippen LogP contribution in [0, 0.1) is 0 Å². The molecule has 0 saturated heterocycles. The van der Waals surface area contributed by atoms with Crippen molar-refractivity contribution in [3.05, 3.63) is 131 Å². The first-order valence-electron chi connectivity index (χ1n) is 10.9. The van der Waals surface area contributed by atoms with Gasteiger partial charge >= 0.3 is 193 Å². The second kappa shape index (κ2) is 10.3. The van der Waals surface area contributed by atoms with Crippen molar-refractivity contribution < 1.29 is 44.0 Å². The van der Waals surface area contributed by atoms with Crippen molar-refractivity contribution in [3.63, 3.8) is 0 Å². The first-order valence-corrected chi connectivity index (χ1v) is 12.7. The average Bonchev–Trinajstić information content (AvgIpc) is 3.45. The Balaban J connectivity index is 0.00000130. The third-order valence-corrected chi connectivity index (χ3v) is 9.08. The van der Waals surface area contributed by atoms with E-state index in [0.717, 1.165) is 0 Å². The quantitative estimate of drug-likeness (QED) is 0.376. The van der Waals surface area contributed by atoms with Gasteiger partial charge in [-0.05, 0) is 0 Å². The molecule has 0 spiro atoms. The van der Waals surface area contributed by atoms with E-state index in [1.165, 1.54) is 44.5 Å². The number of rotatable bonds is 4. The van der Waals surface area contributed by atoms with Gasteiger partial charge < -0.3 is 24.8 Å². The molecule has 2 atom stereocenters. The molecule has 0 radical (unpaired) electrons. The summed E-state index contributed by atoms with van der Waals surface area (Å²) >= 11 is -0.265. The zero-order valence-electron chi connectivity index (χ0n) is 18.0. The predicted octanol–water partition coefficient (Wildman–Crippen LogP) is 1.95. The molecule has 4 aromatic rings. The van der Waals surface area contributed by atoms with Crippen LogP contribution in [0.2, 0.25) is 0 Å². The normalized spacial score (nSPS) is 16.8. The number of hydrogen-bond donors (Lipinski definition) is 0. The summed E-state index contributed by atoms with van der Waals surface area (Å²) < 4.78 is 1.17. The second-order valence-electron chi connectivity index (χ2n) is 8.19. The average molecular weight is 501 g/mol. The summed E-state index contributed by atoms with van der Waals surface area (Å²) in [6.07, 6.45) is 9.66. The zero-order valence-corrected chi connectivity index (χ0v) is 21.0. The van der Waals surface area contributed by atoms with Gasteiger partial charge in [0.05, 0.1) is 0 Å². The van der Waals surface area contributed by atoms with Crippen molar-refractivity contribution in [3.8, 4) is 22.3 Å². The molecule has 0 saturated carbocycles. The summed E-state index contributed by atoms with van der Waals surface area (Å²) in [5.41, 5.74) is 11.2. The number of hydrogen-bond acceptors (Lipinski definition) is 0. The SMILES string of the molecule is C1=C[CH]([Ti+2][CH]2C=Cc3c(-c4ccccc4)cccc32)c2cccc(-c3ccccc3)c21.[Cl-].[Cl-]. The second-order valence-corrected chi connectivity index (χ2v) is 10.7. The number of fused-ring (bicyclic) bond motifs is 2. The van der Waals surface area contributed by atoms with Gasteiger partial charge in [-0.15, -0.1) is 0 Å². The Kier molecular flexibility index (Phi) is 7.42. The van der Waals surface area contributed by atoms with Gasteiger partial charge in [-0.25, -0.2) is 0 Å². The van der Waals surface area contributed by atoms with Crippen LogP contribution in [0.3, 0.4) is 0 Å². The molecule has 33 heavy (non-hydrogen) atoms. The molecule has 2 aliphatic rings. The molecule has 0 amide bonds. The van der Waals surface area contributed by atoms with Crippen molar-refractivity contribution >= 4 is 12.2 Å². The fourth-order valence-electron chi connectivity index (χ4n) is 4.90. The van der Waals surface area contributed by atoms with Crippen molar-refractivity contribution in [2.45, 2.75) is 8.45 Å². The van der Waals surface area contributed by atoms with Gasteiger partial charge in [0.2, 0.25) is 0 Å². The molecule has 160 valence electrons. The third-order valence-electron chi connectivity index (χ3n) is 6.39. The van der Waals surface area contributed by atoms with E-state index in [2.05, 4.69) is 121 Å². The van der Waals surface area contributed by atoms with Crippen molar-refractivity contribution in [2.24, 2.45) is 0 Å². The largest absolute Gasteiger partial charge is 1.00 e. The molecule has 0 nitrogen and oxygen atoms in total. The van der Waals surface area contributed by atoms with Crippen LogP contribution in [0.25, 0.3) is 34.4 Å². The molecule has 2 aliphatic carbocycles. The Bertz CT molecular complexity index is 1210. The maximum absolute atomic E-state index is 2.46. The van der Waals surface area contributed by atoms with Crippen LogP contribution in [0.1, 0.15) is 30.7 Å². The number of halogens is 2. The predicted molar refractivity (Wildman–Crippen MR) is 127 cm³/mol. The van der Waals surface area contributed by atoms with Gasteiger partial charge in [0.25, 0.3) is 0 Å². The summed E-state index contributed by atoms with van der Waals surface area (Å²) in [6, 6.07) is 35.2. The third kappa shape index (κ3) is 4.42. The fourth-order valence-corrected chi connectivity index (χ4v) is 7.49. The van der Waals surface area contributed by atoms with Crippen molar-refractivity contribution in [1.29, 1.82) is 0 Å². The van der Waals surface area contributed by atoms with E-state index < -0.39 is 0 Å². The Morgan fingerprint density at radius 1 is 0.455 bits per heavy atom. The van der Waals surface area contributed by atoms with Gasteiger partial charge in [0.15, 0.2) is 0 Å². The summed E-state index contributed by atoms with van der Waals surface area (Å²) in [6.45, 7) is 0. The van der Waals surface area contributed by atoms with Crippen LogP contribution in [0.15, 0.2) is 109 Å². The van der Waals surface area contributed by atoms with E-state index in [0.29, 0.717) is 8.45 Å². The van der Waals surface area contributed by atoms with Gasteiger partial charge in [-0.3, -0.25) is 0 Å². The Morgan fingerprint density at radius 3 is 1.30 bits per heavy atom. The molecule has 0 fully saturated rings. The monoisotopic (exact) mass is 500 g/mol. The molecule has 0 N–H and O–H groups in total. The zero-order chi connectivity index (χ0) is 20.6. The van der Waals surface area contributed by atoms with E-state index in [1.54, 1.807) is 0 Å². The maximum Gasteiger partial charge on any atom is -1.00 e. The first-order chi connectivity index (χ1) is 15.4. The van der Waals surface area contributed by atoms with Crippen molar-refractivity contribution in [2.75, 3.05) is 0 Å². The topological polar surface area (TPSA) is 0 Å². The van der Waals surface area contributed by atoms with Crippen LogP contribution < -0.4 is 24.8 Å². The van der Waals surface area contributed by atoms with E-state index in [1.807, 2.05) is 0 Å². The molecule has 0 bridgehead atoms. The molecule has 0 aromatic heterocycles. The summed E-state index contributed by atoms with van der Waals surface area (Å²) in [7, 11) is 0. The Hall–Kier alpha value is -2.35. The van der Waals surface area contributed by atoms with Crippen LogP contribution >= 0.6 is 0 Å². The minimum absolute atomic E-state index is 0. The molecule has 2 unspecified atom stereocenters. The Labute approximate surface area is 217 Å². The molecule has 6 rings (SSSR count). The summed E-state index contributed by atoms with van der Waals surface area (Å²) in [5, 5.41) is 0. The molecule has 3 heteroatoms. The molecule has 4 aromatic carbocycles. The van der Waals surface area contributed by atoms with E-state index in [4.69, 9.17) is 0 Å². The minimum atomic E-state index is -0.265. The summed E-state index contributed by atoms with van der Waals surface area (Å²) in [4.78, 5) is 0. The van der Waals surface area contributed by atoms with Gasteiger partial charge in [0, 0.05) is 0 Å². The number of benzene rings is 4. The fraction of sp³-hybridized carbons (Fsp3) is 0.0667. The first kappa shape index (κ1) is 23.8. The van der Waals surface area contributed by atoms with Crippen LogP contribution in [0.4, 0.5) is 0 Å². The van der Waals surface area contributed by atoms with E-state index in [-0.39, 0.29) is 44.0 Å². The van der Waals surface area contributed by atoms with Gasteiger partial charge in [0.1, 0.15) is 0 Å². The molecule has 0 aliphatic heterocycles. The standard InChI is InChI=1S/2C15H11.2ClH.Ti/c2*1-2-6-12(7-3-1)14-10-4-8-13-9-5-11-15(13)14;;;/h2*1-11H;2*1H;/q;;;;+2/p-2. The van der Waals surface area contributed by atoms with Crippen molar-refractivity contribution in [1.82, 2.24) is 0 Å². The molecule has 0 heterocycles. The Morgan fingerprint density at radius 2 is 0.879 bits per heavy atom. The molecular weight excluding hydrogens is 479 g/mol. The maximum atomic E-state index is 2.46. The van der Waals surface area contributed by atoms with E-state index in [9.17, 15) is 0 Å². The van der Waals surface area contributed by atoms with Crippen LogP contribution in [0.5, 0.6) is 0 Å².